The number of nitrogens with zero attached hydrogens (tertiary/aromatic N) is 1. The van der Waals surface area contributed by atoms with Crippen molar-refractivity contribution in [3.8, 4) is 6.07 Å². The minimum absolute atomic E-state index is 0.0489. The molecule has 0 aromatic carbocycles. The SMILES string of the molecule is C[C@]12CC[C@@H]3[C@@H](CC[C@@]45O[C@@H]4C(O)=C(C#N)C[C@]35C)[C@H]1CC[C@@H]2O. The molecule has 0 unspecified atom stereocenters. The molecule has 130 valence electrons. The van der Waals surface area contributed by atoms with Crippen LogP contribution in [0.15, 0.2) is 11.3 Å². The van der Waals surface area contributed by atoms with Crippen LogP contribution >= 0.6 is 0 Å². The highest BCUT2D eigenvalue weighted by Gasteiger charge is 2.76. The number of epoxide rings is 1. The van der Waals surface area contributed by atoms with E-state index in [1.54, 1.807) is 0 Å². The predicted octanol–water partition coefficient (Wildman–Crippen LogP) is 3.47. The van der Waals surface area contributed by atoms with Crippen LogP contribution in [-0.4, -0.2) is 28.0 Å². The monoisotopic (exact) mass is 329 g/mol. The zero-order valence-electron chi connectivity index (χ0n) is 14.6. The summed E-state index contributed by atoms with van der Waals surface area (Å²) in [5.74, 6) is 1.96. The van der Waals surface area contributed by atoms with E-state index in [9.17, 15) is 15.5 Å². The van der Waals surface area contributed by atoms with Crippen molar-refractivity contribution in [3.63, 3.8) is 0 Å². The molecule has 0 aromatic heterocycles. The number of aliphatic hydroxyl groups excluding tert-OH is 2. The summed E-state index contributed by atoms with van der Waals surface area (Å²) in [6.07, 6.45) is 6.65. The van der Waals surface area contributed by atoms with Gasteiger partial charge in [0.15, 0.2) is 0 Å². The van der Waals surface area contributed by atoms with Gasteiger partial charge in [-0.15, -0.1) is 0 Å². The molecule has 4 aliphatic carbocycles. The molecule has 1 aliphatic heterocycles. The average molecular weight is 329 g/mol. The van der Waals surface area contributed by atoms with Gasteiger partial charge in [0.25, 0.3) is 0 Å². The maximum absolute atomic E-state index is 10.5. The van der Waals surface area contributed by atoms with E-state index in [1.165, 1.54) is 0 Å². The van der Waals surface area contributed by atoms with Crippen LogP contribution in [0.2, 0.25) is 0 Å². The van der Waals surface area contributed by atoms with Gasteiger partial charge < -0.3 is 14.9 Å². The van der Waals surface area contributed by atoms with Crippen molar-refractivity contribution in [2.45, 2.75) is 76.6 Å². The Morgan fingerprint density at radius 2 is 1.92 bits per heavy atom. The van der Waals surface area contributed by atoms with Gasteiger partial charge in [0.1, 0.15) is 17.5 Å². The smallest absolute Gasteiger partial charge is 0.146 e. The highest BCUT2D eigenvalue weighted by Crippen LogP contribution is 2.73. The Bertz CT molecular complexity index is 681. The van der Waals surface area contributed by atoms with Gasteiger partial charge in [-0.25, -0.2) is 0 Å². The summed E-state index contributed by atoms with van der Waals surface area (Å²) in [4.78, 5) is 0. The second-order valence-corrected chi connectivity index (χ2v) is 9.51. The molecule has 4 fully saturated rings. The Hall–Kier alpha value is -1.05. The minimum Gasteiger partial charge on any atom is -0.508 e. The van der Waals surface area contributed by atoms with Gasteiger partial charge in [-0.2, -0.15) is 5.26 Å². The molecule has 1 spiro atoms. The van der Waals surface area contributed by atoms with Crippen molar-refractivity contribution in [2.75, 3.05) is 0 Å². The summed E-state index contributed by atoms with van der Waals surface area (Å²) in [5, 5.41) is 30.4. The highest BCUT2D eigenvalue weighted by atomic mass is 16.6. The van der Waals surface area contributed by atoms with Crippen molar-refractivity contribution in [3.05, 3.63) is 11.3 Å². The maximum Gasteiger partial charge on any atom is 0.146 e. The quantitative estimate of drug-likeness (QED) is 0.667. The molecule has 1 saturated heterocycles. The van der Waals surface area contributed by atoms with E-state index in [0.717, 1.165) is 38.5 Å². The lowest BCUT2D eigenvalue weighted by molar-refractivity contribution is -0.116. The van der Waals surface area contributed by atoms with E-state index in [4.69, 9.17) is 4.74 Å². The van der Waals surface area contributed by atoms with Crippen molar-refractivity contribution in [1.82, 2.24) is 0 Å². The number of ether oxygens (including phenoxy) is 1. The van der Waals surface area contributed by atoms with Crippen LogP contribution in [0.1, 0.15) is 58.8 Å². The van der Waals surface area contributed by atoms with Gasteiger partial charge in [-0.3, -0.25) is 0 Å². The molecule has 2 N–H and O–H groups in total. The Kier molecular flexibility index (Phi) is 2.77. The zero-order valence-corrected chi connectivity index (χ0v) is 14.6. The molecular formula is C20H27NO3. The van der Waals surface area contributed by atoms with Crippen molar-refractivity contribution >= 4 is 0 Å². The molecule has 0 radical (unpaired) electrons. The first-order chi connectivity index (χ1) is 11.4. The van der Waals surface area contributed by atoms with Gasteiger partial charge >= 0.3 is 0 Å². The van der Waals surface area contributed by atoms with Gasteiger partial charge in [0.2, 0.25) is 0 Å². The molecule has 8 atom stereocenters. The van der Waals surface area contributed by atoms with Crippen molar-refractivity contribution < 1.29 is 14.9 Å². The molecule has 0 amide bonds. The first-order valence-corrected chi connectivity index (χ1v) is 9.55. The third-order valence-corrected chi connectivity index (χ3v) is 8.95. The van der Waals surface area contributed by atoms with E-state index in [1.807, 2.05) is 0 Å². The van der Waals surface area contributed by atoms with E-state index < -0.39 is 0 Å². The highest BCUT2D eigenvalue weighted by molar-refractivity contribution is 5.41. The average Bonchev–Trinajstić information content (AvgIpc) is 3.23. The molecule has 0 aromatic rings. The van der Waals surface area contributed by atoms with Gasteiger partial charge in [-0.05, 0) is 68.1 Å². The molecule has 5 aliphatic rings. The lowest BCUT2D eigenvalue weighted by atomic mass is 9.45. The normalized spacial score (nSPS) is 58.2. The molecular weight excluding hydrogens is 302 g/mol. The first-order valence-electron chi connectivity index (χ1n) is 9.55. The topological polar surface area (TPSA) is 76.8 Å². The summed E-state index contributed by atoms with van der Waals surface area (Å²) in [5.41, 5.74) is 0.336. The van der Waals surface area contributed by atoms with E-state index in [-0.39, 0.29) is 34.4 Å². The van der Waals surface area contributed by atoms with Gasteiger partial charge in [0, 0.05) is 5.41 Å². The van der Waals surface area contributed by atoms with Crippen molar-refractivity contribution in [2.24, 2.45) is 28.6 Å². The lowest BCUT2D eigenvalue weighted by Crippen LogP contribution is -2.57. The zero-order chi connectivity index (χ0) is 16.9. The van der Waals surface area contributed by atoms with Crippen LogP contribution in [0.5, 0.6) is 0 Å². The summed E-state index contributed by atoms with van der Waals surface area (Å²) in [6, 6.07) is 2.23. The third kappa shape index (κ3) is 1.48. The molecule has 0 bridgehead atoms. The summed E-state index contributed by atoms with van der Waals surface area (Å²) < 4.78 is 6.11. The number of fused-ring (bicyclic) bond motifs is 4. The number of rotatable bonds is 0. The number of hydrogen-bond donors (Lipinski definition) is 2. The second-order valence-electron chi connectivity index (χ2n) is 9.51. The summed E-state index contributed by atoms with van der Waals surface area (Å²) >= 11 is 0. The third-order valence-electron chi connectivity index (χ3n) is 8.95. The molecule has 4 heteroatoms. The van der Waals surface area contributed by atoms with Crippen LogP contribution < -0.4 is 0 Å². The van der Waals surface area contributed by atoms with E-state index in [0.29, 0.717) is 29.7 Å². The number of allylic oxidation sites excluding steroid dienone is 1. The fraction of sp³-hybridized carbons (Fsp3) is 0.850. The van der Waals surface area contributed by atoms with Crippen LogP contribution in [0.25, 0.3) is 0 Å². The largest absolute Gasteiger partial charge is 0.508 e. The molecule has 1 heterocycles. The molecule has 4 nitrogen and oxygen atoms in total. The summed E-state index contributed by atoms with van der Waals surface area (Å²) in [7, 11) is 0. The number of aliphatic hydroxyl groups is 2. The Balaban J connectivity index is 1.55. The Labute approximate surface area is 143 Å². The van der Waals surface area contributed by atoms with Crippen molar-refractivity contribution in [1.29, 1.82) is 5.26 Å². The maximum atomic E-state index is 10.5. The fourth-order valence-corrected chi connectivity index (χ4v) is 7.50. The fourth-order valence-electron chi connectivity index (χ4n) is 7.50. The minimum atomic E-state index is -0.241. The predicted molar refractivity (Wildman–Crippen MR) is 87.9 cm³/mol. The summed E-state index contributed by atoms with van der Waals surface area (Å²) in [6.45, 7) is 4.60. The van der Waals surface area contributed by atoms with Crippen LogP contribution in [-0.2, 0) is 4.74 Å². The van der Waals surface area contributed by atoms with Crippen LogP contribution in [0.4, 0.5) is 0 Å². The van der Waals surface area contributed by atoms with E-state index in [2.05, 4.69) is 19.9 Å². The molecule has 24 heavy (non-hydrogen) atoms. The van der Waals surface area contributed by atoms with Gasteiger partial charge in [-0.1, -0.05) is 13.8 Å². The molecule has 3 saturated carbocycles. The number of hydrogen-bond acceptors (Lipinski definition) is 4. The van der Waals surface area contributed by atoms with Gasteiger partial charge in [0.05, 0.1) is 17.7 Å². The van der Waals surface area contributed by atoms with Crippen LogP contribution in [0.3, 0.4) is 0 Å². The Morgan fingerprint density at radius 3 is 2.67 bits per heavy atom. The standard InChI is InChI=1S/C20H27NO3/c1-18-7-6-14-12(13(18)3-4-15(18)22)5-8-20-17(24-20)16(23)11(10-21)9-19(14,20)2/h12-15,17,22-23H,3-9H2,1-2H3/t12-,13+,14+,15-,17+,18-,19+,20+/m0/s1. The Morgan fingerprint density at radius 1 is 1.12 bits per heavy atom. The van der Waals surface area contributed by atoms with E-state index >= 15 is 0 Å². The first kappa shape index (κ1) is 15.2. The second kappa shape index (κ2) is 4.37. The lowest BCUT2D eigenvalue weighted by Gasteiger charge is -2.58. The number of nitriles is 1. The molecule has 5 rings (SSSR count). The van der Waals surface area contributed by atoms with Crippen LogP contribution in [0, 0.1) is 39.9 Å².